The minimum Gasteiger partial charge on any atom is -0.491 e. The smallest absolute Gasteiger partial charge is 0.226 e. The highest BCUT2D eigenvalue weighted by molar-refractivity contribution is 5.86. The maximum Gasteiger partial charge on any atom is 0.226 e. The van der Waals surface area contributed by atoms with Crippen molar-refractivity contribution in [2.45, 2.75) is 39.7 Å². The van der Waals surface area contributed by atoms with Gasteiger partial charge in [0.2, 0.25) is 5.91 Å². The zero-order chi connectivity index (χ0) is 19.5. The van der Waals surface area contributed by atoms with Crippen molar-refractivity contribution in [3.8, 4) is 5.75 Å². The lowest BCUT2D eigenvalue weighted by atomic mass is 10.2. The summed E-state index contributed by atoms with van der Waals surface area (Å²) in [6.45, 7) is 5.90. The molecular formula is C21H25N5O2. The quantitative estimate of drug-likeness (QED) is 0.651. The van der Waals surface area contributed by atoms with Crippen molar-refractivity contribution in [2.24, 2.45) is 5.92 Å². The Morgan fingerprint density at radius 1 is 1.36 bits per heavy atom. The summed E-state index contributed by atoms with van der Waals surface area (Å²) in [7, 11) is 0. The molecule has 1 saturated carbocycles. The Bertz CT molecular complexity index is 994. The van der Waals surface area contributed by atoms with Gasteiger partial charge >= 0.3 is 0 Å². The molecule has 1 aliphatic carbocycles. The van der Waals surface area contributed by atoms with E-state index < -0.39 is 0 Å². The number of pyridine rings is 2. The van der Waals surface area contributed by atoms with Crippen LogP contribution in [0.3, 0.4) is 0 Å². The first kappa shape index (κ1) is 18.4. The van der Waals surface area contributed by atoms with Crippen LogP contribution in [0.5, 0.6) is 5.75 Å². The molecule has 4 rings (SSSR count). The summed E-state index contributed by atoms with van der Waals surface area (Å²) in [5, 5.41) is 8.32. The number of likely N-dealkylation sites (N-methyl/N-ethyl adjacent to an activating group) is 1. The molecule has 28 heavy (non-hydrogen) atoms. The molecule has 0 spiro atoms. The van der Waals surface area contributed by atoms with Gasteiger partial charge < -0.3 is 10.1 Å². The summed E-state index contributed by atoms with van der Waals surface area (Å²) in [5.74, 6) is 1.54. The number of nitrogens with one attached hydrogen (secondary N) is 1. The van der Waals surface area contributed by atoms with Gasteiger partial charge in [-0.1, -0.05) is 0 Å². The Hall–Kier alpha value is -2.96. The standard InChI is InChI=1S/C21H25N5O2/c1-3-22-21(27)9-19-17-12-26(25-18(17)6-7-23-19)11-16-8-14(2)20(10-24-16)28-13-15-4-5-15/h6-8,10,12,15H,3-5,9,11,13H2,1-2H3,(H,22,27). The van der Waals surface area contributed by atoms with Gasteiger partial charge in [0.15, 0.2) is 0 Å². The molecule has 3 heterocycles. The van der Waals surface area contributed by atoms with E-state index in [-0.39, 0.29) is 12.3 Å². The van der Waals surface area contributed by atoms with E-state index in [4.69, 9.17) is 4.74 Å². The monoisotopic (exact) mass is 379 g/mol. The van der Waals surface area contributed by atoms with E-state index in [1.165, 1.54) is 12.8 Å². The van der Waals surface area contributed by atoms with Gasteiger partial charge in [0, 0.05) is 24.3 Å². The number of nitrogens with zero attached hydrogens (tertiary/aromatic N) is 4. The van der Waals surface area contributed by atoms with E-state index in [0.717, 1.165) is 46.1 Å². The molecule has 7 heteroatoms. The van der Waals surface area contributed by atoms with Crippen molar-refractivity contribution in [3.63, 3.8) is 0 Å². The SMILES string of the molecule is CCNC(=O)Cc1nccc2nn(Cc3cc(C)c(OCC4CC4)cn3)cc12. The Morgan fingerprint density at radius 2 is 2.21 bits per heavy atom. The number of aromatic nitrogens is 4. The van der Waals surface area contributed by atoms with Crippen LogP contribution in [0.2, 0.25) is 0 Å². The van der Waals surface area contributed by atoms with Crippen molar-refractivity contribution < 1.29 is 9.53 Å². The predicted octanol–water partition coefficient (Wildman–Crippen LogP) is 2.65. The Morgan fingerprint density at radius 3 is 2.96 bits per heavy atom. The van der Waals surface area contributed by atoms with Crippen molar-refractivity contribution >= 4 is 16.8 Å². The number of hydrogen-bond donors (Lipinski definition) is 1. The van der Waals surface area contributed by atoms with Gasteiger partial charge in [-0.2, -0.15) is 5.10 Å². The molecule has 146 valence electrons. The molecule has 7 nitrogen and oxygen atoms in total. The summed E-state index contributed by atoms with van der Waals surface area (Å²) in [4.78, 5) is 20.8. The van der Waals surface area contributed by atoms with Crippen LogP contribution in [-0.4, -0.2) is 38.8 Å². The number of hydrogen-bond acceptors (Lipinski definition) is 5. The third-order valence-electron chi connectivity index (χ3n) is 4.88. The summed E-state index contributed by atoms with van der Waals surface area (Å²) in [6.07, 6.45) is 8.23. The largest absolute Gasteiger partial charge is 0.491 e. The van der Waals surface area contributed by atoms with Gasteiger partial charge in [0.25, 0.3) is 0 Å². The molecule has 0 aliphatic heterocycles. The Balaban J connectivity index is 1.49. The van der Waals surface area contributed by atoms with Crippen molar-refractivity contribution in [2.75, 3.05) is 13.2 Å². The highest BCUT2D eigenvalue weighted by Crippen LogP contribution is 2.30. The van der Waals surface area contributed by atoms with E-state index in [9.17, 15) is 4.79 Å². The van der Waals surface area contributed by atoms with Gasteiger partial charge in [0.05, 0.1) is 42.7 Å². The fourth-order valence-corrected chi connectivity index (χ4v) is 3.18. The third-order valence-corrected chi connectivity index (χ3v) is 4.88. The Kier molecular flexibility index (Phi) is 5.23. The van der Waals surface area contributed by atoms with Crippen LogP contribution in [0, 0.1) is 12.8 Å². The predicted molar refractivity (Wildman–Crippen MR) is 106 cm³/mol. The van der Waals surface area contributed by atoms with Gasteiger partial charge in [-0.05, 0) is 50.3 Å². The summed E-state index contributed by atoms with van der Waals surface area (Å²) in [6, 6.07) is 3.91. The number of aryl methyl sites for hydroxylation is 1. The lowest BCUT2D eigenvalue weighted by Gasteiger charge is -2.09. The molecule has 0 radical (unpaired) electrons. The average molecular weight is 379 g/mol. The number of rotatable bonds is 8. The number of amides is 1. The van der Waals surface area contributed by atoms with E-state index in [2.05, 4.69) is 20.4 Å². The second-order valence-electron chi connectivity index (χ2n) is 7.34. The number of carbonyl (C=O) groups is 1. The fraction of sp³-hybridized carbons (Fsp3) is 0.429. The summed E-state index contributed by atoms with van der Waals surface area (Å²) >= 11 is 0. The molecular weight excluding hydrogens is 354 g/mol. The lowest BCUT2D eigenvalue weighted by Crippen LogP contribution is -2.24. The maximum atomic E-state index is 11.9. The molecule has 0 atom stereocenters. The topological polar surface area (TPSA) is 81.9 Å². The minimum atomic E-state index is -0.0330. The first-order chi connectivity index (χ1) is 13.6. The highest BCUT2D eigenvalue weighted by atomic mass is 16.5. The third kappa shape index (κ3) is 4.30. The van der Waals surface area contributed by atoms with Crippen LogP contribution >= 0.6 is 0 Å². The summed E-state index contributed by atoms with van der Waals surface area (Å²) < 4.78 is 7.70. The van der Waals surface area contributed by atoms with Crippen LogP contribution in [-0.2, 0) is 17.8 Å². The molecule has 3 aromatic heterocycles. The van der Waals surface area contributed by atoms with Crippen molar-refractivity contribution in [1.29, 1.82) is 0 Å². The first-order valence-corrected chi connectivity index (χ1v) is 9.78. The first-order valence-electron chi connectivity index (χ1n) is 9.78. The number of fused-ring (bicyclic) bond motifs is 1. The van der Waals surface area contributed by atoms with E-state index in [1.807, 2.05) is 36.9 Å². The van der Waals surface area contributed by atoms with Crippen molar-refractivity contribution in [1.82, 2.24) is 25.1 Å². The van der Waals surface area contributed by atoms with Gasteiger partial charge in [-0.3, -0.25) is 19.4 Å². The molecule has 0 aromatic carbocycles. The molecule has 3 aromatic rings. The van der Waals surface area contributed by atoms with Crippen LogP contribution in [0.4, 0.5) is 0 Å². The van der Waals surface area contributed by atoms with Gasteiger partial charge in [-0.25, -0.2) is 0 Å². The van der Waals surface area contributed by atoms with E-state index >= 15 is 0 Å². The molecule has 1 aliphatic rings. The molecule has 0 unspecified atom stereocenters. The second kappa shape index (κ2) is 7.96. The number of carbonyl (C=O) groups excluding carboxylic acids is 1. The normalized spacial score (nSPS) is 13.6. The molecule has 0 bridgehead atoms. The van der Waals surface area contributed by atoms with Crippen LogP contribution < -0.4 is 10.1 Å². The van der Waals surface area contributed by atoms with Gasteiger partial charge in [0.1, 0.15) is 5.75 Å². The summed E-state index contributed by atoms with van der Waals surface area (Å²) in [5.41, 5.74) is 3.57. The molecule has 0 saturated heterocycles. The average Bonchev–Trinajstić information content (AvgIpc) is 3.39. The van der Waals surface area contributed by atoms with Crippen LogP contribution in [0.15, 0.2) is 30.7 Å². The van der Waals surface area contributed by atoms with Crippen molar-refractivity contribution in [3.05, 3.63) is 47.7 Å². The van der Waals surface area contributed by atoms with E-state index in [0.29, 0.717) is 13.1 Å². The minimum absolute atomic E-state index is 0.0330. The lowest BCUT2D eigenvalue weighted by molar-refractivity contribution is -0.120. The fourth-order valence-electron chi connectivity index (χ4n) is 3.18. The zero-order valence-electron chi connectivity index (χ0n) is 16.3. The number of ether oxygens (including phenoxy) is 1. The Labute approximate surface area is 164 Å². The molecule has 1 N–H and O–H groups in total. The van der Waals surface area contributed by atoms with Gasteiger partial charge in [-0.15, -0.1) is 0 Å². The zero-order valence-corrected chi connectivity index (χ0v) is 16.3. The van der Waals surface area contributed by atoms with E-state index in [1.54, 1.807) is 12.4 Å². The van der Waals surface area contributed by atoms with Crippen LogP contribution in [0.1, 0.15) is 36.7 Å². The second-order valence-corrected chi connectivity index (χ2v) is 7.34. The molecule has 1 amide bonds. The maximum absolute atomic E-state index is 11.9. The van der Waals surface area contributed by atoms with Crippen LogP contribution in [0.25, 0.3) is 10.9 Å². The highest BCUT2D eigenvalue weighted by Gasteiger charge is 2.22. The molecule has 1 fully saturated rings.